The number of aryl methyl sites for hydroxylation is 1. The molecule has 0 aliphatic rings. The topological polar surface area (TPSA) is 204 Å². The Hall–Kier alpha value is -3.85. The summed E-state index contributed by atoms with van der Waals surface area (Å²) in [7, 11) is -7.60. The summed E-state index contributed by atoms with van der Waals surface area (Å²) in [4.78, 5) is 23.3. The van der Waals surface area contributed by atoms with Crippen molar-refractivity contribution in [2.45, 2.75) is 38.3 Å². The Bertz CT molecular complexity index is 1410. The summed E-state index contributed by atoms with van der Waals surface area (Å²) in [6.45, 7) is 4.52. The van der Waals surface area contributed by atoms with Crippen LogP contribution in [0.5, 0.6) is 5.75 Å². The van der Waals surface area contributed by atoms with Gasteiger partial charge in [-0.3, -0.25) is 4.72 Å². The van der Waals surface area contributed by atoms with Crippen molar-refractivity contribution >= 4 is 38.1 Å². The number of hydrogen-bond acceptors (Lipinski definition) is 8. The quantitative estimate of drug-likeness (QED) is 0.241. The molecule has 2 aromatic rings. The van der Waals surface area contributed by atoms with Gasteiger partial charge in [0.1, 0.15) is 24.2 Å². The largest absolute Gasteiger partial charge is 0.496 e. The van der Waals surface area contributed by atoms with Gasteiger partial charge in [0.15, 0.2) is 0 Å². The lowest BCUT2D eigenvalue weighted by molar-refractivity contribution is -0.138. The Kier molecular flexibility index (Phi) is 9.47. The summed E-state index contributed by atoms with van der Waals surface area (Å²) in [6, 6.07) is 8.07. The fraction of sp³-hybridized carbons (Fsp3) is 0.318. The zero-order valence-corrected chi connectivity index (χ0v) is 22.1. The molecule has 0 radical (unpaired) electrons. The number of guanidine groups is 1. The first-order valence-electron chi connectivity index (χ1n) is 10.6. The number of methoxy groups -OCH3 is 1. The van der Waals surface area contributed by atoms with Crippen LogP contribution < -0.4 is 20.5 Å². The zero-order valence-electron chi connectivity index (χ0n) is 20.5. The molecule has 2 rings (SSSR count). The van der Waals surface area contributed by atoms with E-state index in [9.17, 15) is 31.5 Å². The summed E-state index contributed by atoms with van der Waals surface area (Å²) in [6.07, 6.45) is -1.17. The first kappa shape index (κ1) is 29.4. The van der Waals surface area contributed by atoms with Crippen LogP contribution in [0.2, 0.25) is 0 Å². The lowest BCUT2D eigenvalue weighted by Gasteiger charge is -2.16. The average molecular weight is 557 g/mol. The third-order valence-electron chi connectivity index (χ3n) is 5.12. The lowest BCUT2D eigenvalue weighted by atomic mass is 10.1. The molecular weight excluding hydrogens is 528 g/mol. The molecule has 0 saturated heterocycles. The number of nitrogens with one attached hydrogen (secondary N) is 2. The van der Waals surface area contributed by atoms with Crippen molar-refractivity contribution in [1.82, 2.24) is 10.0 Å². The minimum atomic E-state index is -4.57. The molecule has 0 saturated carbocycles. The standard InChI is InChI=1S/C22H28N4O9S2/c1-13-10-18(34-4)14(2)15(3)19(13)37(32,33)26-21(23)25-36(30,31)12-17(20(27)28)24-22(29)35-11-16-8-6-5-7-9-16/h5-10,17H,11-12H2,1-4H3,(H,24,29)(H,27,28)(H3,23,25,26)/t17-/m0/s1. The average Bonchev–Trinajstić information content (AvgIpc) is 2.79. The van der Waals surface area contributed by atoms with Crippen molar-refractivity contribution < 1.29 is 41.0 Å². The van der Waals surface area contributed by atoms with Crippen LogP contribution in [0.4, 0.5) is 4.79 Å². The number of benzene rings is 2. The molecule has 13 nitrogen and oxygen atoms in total. The number of rotatable bonds is 10. The van der Waals surface area contributed by atoms with Crippen LogP contribution in [0, 0.1) is 20.8 Å². The van der Waals surface area contributed by atoms with E-state index in [0.29, 0.717) is 28.0 Å². The molecule has 202 valence electrons. The lowest BCUT2D eigenvalue weighted by Crippen LogP contribution is -2.49. The third-order valence-corrected chi connectivity index (χ3v) is 8.00. The van der Waals surface area contributed by atoms with Gasteiger partial charge in [-0.15, -0.1) is 4.40 Å². The van der Waals surface area contributed by atoms with Crippen molar-refractivity contribution in [2.24, 2.45) is 10.1 Å². The van der Waals surface area contributed by atoms with E-state index in [-0.39, 0.29) is 11.5 Å². The van der Waals surface area contributed by atoms with E-state index in [1.165, 1.54) is 27.0 Å². The van der Waals surface area contributed by atoms with Crippen molar-refractivity contribution in [3.05, 3.63) is 58.7 Å². The monoisotopic (exact) mass is 556 g/mol. The molecule has 0 heterocycles. The minimum Gasteiger partial charge on any atom is -0.496 e. The number of carboxylic acid groups (broad SMARTS) is 1. The first-order chi connectivity index (χ1) is 17.2. The van der Waals surface area contributed by atoms with Gasteiger partial charge in [-0.1, -0.05) is 30.3 Å². The Morgan fingerprint density at radius 1 is 1.08 bits per heavy atom. The van der Waals surface area contributed by atoms with Crippen molar-refractivity contribution in [2.75, 3.05) is 12.9 Å². The Balaban J connectivity index is 2.15. The SMILES string of the molecule is COc1cc(C)c(S(=O)(=O)/N=C(\N)NS(=O)(=O)C[C@H](NC(=O)OCc2ccccc2)C(=O)O)c(C)c1C. The normalized spacial score (nSPS) is 12.9. The van der Waals surface area contributed by atoms with Crippen LogP contribution in [0.1, 0.15) is 22.3 Å². The van der Waals surface area contributed by atoms with Crippen LogP contribution >= 0.6 is 0 Å². The molecule has 15 heteroatoms. The van der Waals surface area contributed by atoms with Gasteiger partial charge in [-0.25, -0.2) is 18.0 Å². The van der Waals surface area contributed by atoms with E-state index in [0.717, 1.165) is 0 Å². The van der Waals surface area contributed by atoms with Crippen molar-refractivity contribution in [3.8, 4) is 5.75 Å². The Morgan fingerprint density at radius 2 is 1.70 bits per heavy atom. The number of carbonyl (C=O) groups excluding carboxylic acids is 1. The van der Waals surface area contributed by atoms with E-state index in [2.05, 4.69) is 4.40 Å². The number of nitrogens with two attached hydrogens (primary N) is 1. The summed E-state index contributed by atoms with van der Waals surface area (Å²) in [5.41, 5.74) is 7.33. The highest BCUT2D eigenvalue weighted by Crippen LogP contribution is 2.31. The van der Waals surface area contributed by atoms with Gasteiger partial charge < -0.3 is 25.6 Å². The molecule has 1 atom stereocenters. The number of ether oxygens (including phenoxy) is 2. The van der Waals surface area contributed by atoms with E-state index in [1.54, 1.807) is 42.0 Å². The van der Waals surface area contributed by atoms with Gasteiger partial charge >= 0.3 is 12.1 Å². The minimum absolute atomic E-state index is 0.175. The summed E-state index contributed by atoms with van der Waals surface area (Å²) in [5.74, 6) is -3.41. The van der Waals surface area contributed by atoms with Gasteiger partial charge in [0, 0.05) is 0 Å². The Labute approximate surface area is 214 Å². The van der Waals surface area contributed by atoms with E-state index in [1.807, 2.05) is 5.32 Å². The molecule has 0 unspecified atom stereocenters. The Morgan fingerprint density at radius 3 is 2.27 bits per heavy atom. The van der Waals surface area contributed by atoms with Crippen LogP contribution in [-0.2, 0) is 36.2 Å². The number of aliphatic carboxylic acids is 1. The first-order valence-corrected chi connectivity index (χ1v) is 13.7. The van der Waals surface area contributed by atoms with E-state index in [4.69, 9.17) is 15.2 Å². The number of carboxylic acids is 1. The molecule has 0 aliphatic heterocycles. The number of nitrogens with zero attached hydrogens (tertiary/aromatic N) is 1. The summed E-state index contributed by atoms with van der Waals surface area (Å²) < 4.78 is 65.9. The molecule has 0 aliphatic carbocycles. The maximum Gasteiger partial charge on any atom is 0.408 e. The maximum absolute atomic E-state index is 12.9. The van der Waals surface area contributed by atoms with Crippen LogP contribution in [0.15, 0.2) is 45.7 Å². The van der Waals surface area contributed by atoms with E-state index >= 15 is 0 Å². The fourth-order valence-electron chi connectivity index (χ4n) is 3.33. The second-order valence-electron chi connectivity index (χ2n) is 7.91. The van der Waals surface area contributed by atoms with Crippen LogP contribution in [-0.4, -0.2) is 58.9 Å². The highest BCUT2D eigenvalue weighted by molar-refractivity contribution is 7.91. The molecule has 0 fully saturated rings. The smallest absolute Gasteiger partial charge is 0.408 e. The number of carbonyl (C=O) groups is 2. The number of hydrogen-bond donors (Lipinski definition) is 4. The van der Waals surface area contributed by atoms with Gasteiger partial charge in [-0.2, -0.15) is 8.42 Å². The van der Waals surface area contributed by atoms with E-state index < -0.39 is 49.9 Å². The molecule has 0 bridgehead atoms. The number of alkyl carbamates (subject to hydrolysis) is 1. The van der Waals surface area contributed by atoms with Crippen LogP contribution in [0.3, 0.4) is 0 Å². The molecule has 5 N–H and O–H groups in total. The predicted octanol–water partition coefficient (Wildman–Crippen LogP) is 0.923. The fourth-order valence-corrected chi connectivity index (χ4v) is 5.90. The van der Waals surface area contributed by atoms with Gasteiger partial charge in [-0.05, 0) is 49.1 Å². The number of sulfonamides is 2. The predicted molar refractivity (Wildman–Crippen MR) is 134 cm³/mol. The van der Waals surface area contributed by atoms with Gasteiger partial charge in [0.05, 0.1) is 12.0 Å². The highest BCUT2D eigenvalue weighted by atomic mass is 32.2. The third kappa shape index (κ3) is 8.08. The molecule has 0 spiro atoms. The van der Waals surface area contributed by atoms with Crippen molar-refractivity contribution in [1.29, 1.82) is 0 Å². The summed E-state index contributed by atoms with van der Waals surface area (Å²) in [5, 5.41) is 11.3. The second-order valence-corrected chi connectivity index (χ2v) is 11.2. The molecule has 2 aromatic carbocycles. The summed E-state index contributed by atoms with van der Waals surface area (Å²) >= 11 is 0. The van der Waals surface area contributed by atoms with Crippen LogP contribution in [0.25, 0.3) is 0 Å². The van der Waals surface area contributed by atoms with Crippen molar-refractivity contribution in [3.63, 3.8) is 0 Å². The zero-order chi connectivity index (χ0) is 28.0. The van der Waals surface area contributed by atoms with Gasteiger partial charge in [0.2, 0.25) is 16.0 Å². The molecular formula is C22H28N4O9S2. The second kappa shape index (κ2) is 11.9. The highest BCUT2D eigenvalue weighted by Gasteiger charge is 2.29. The molecule has 0 aromatic heterocycles. The molecule has 37 heavy (non-hydrogen) atoms. The maximum atomic E-state index is 12.9. The molecule has 1 amide bonds. The number of amides is 1. The van der Waals surface area contributed by atoms with Gasteiger partial charge in [0.25, 0.3) is 10.0 Å².